The van der Waals surface area contributed by atoms with E-state index in [2.05, 4.69) is 25.6 Å². The third kappa shape index (κ3) is 4.06. The molecule has 29 heavy (non-hydrogen) atoms. The lowest BCUT2D eigenvalue weighted by molar-refractivity contribution is 0.637. The van der Waals surface area contributed by atoms with Crippen LogP contribution in [0.1, 0.15) is 22.6 Å². The van der Waals surface area contributed by atoms with Gasteiger partial charge >= 0.3 is 0 Å². The summed E-state index contributed by atoms with van der Waals surface area (Å²) in [5.74, 6) is 1.98. The van der Waals surface area contributed by atoms with Gasteiger partial charge < -0.3 is 15.6 Å². The number of hydrogen-bond donors (Lipinski definition) is 3. The number of aromatic amines is 1. The van der Waals surface area contributed by atoms with Crippen LogP contribution in [0.25, 0.3) is 10.9 Å². The number of halogens is 1. The number of aromatic nitrogens is 3. The Morgan fingerprint density at radius 1 is 0.966 bits per heavy atom. The molecule has 0 aliphatic heterocycles. The van der Waals surface area contributed by atoms with Crippen molar-refractivity contribution < 1.29 is 4.39 Å². The van der Waals surface area contributed by atoms with Gasteiger partial charge in [-0.3, -0.25) is 0 Å². The number of fused-ring (bicyclic) bond motifs is 1. The first-order valence-electron chi connectivity index (χ1n) is 9.69. The Balaban J connectivity index is 1.50. The van der Waals surface area contributed by atoms with E-state index >= 15 is 0 Å². The second-order valence-electron chi connectivity index (χ2n) is 7.20. The molecule has 0 saturated heterocycles. The lowest BCUT2D eigenvalue weighted by Crippen LogP contribution is -2.09. The number of hydrogen-bond acceptors (Lipinski definition) is 4. The van der Waals surface area contributed by atoms with Crippen molar-refractivity contribution >= 4 is 28.2 Å². The summed E-state index contributed by atoms with van der Waals surface area (Å²) in [5.41, 5.74) is 4.78. The Kier molecular flexibility index (Phi) is 5.16. The number of nitrogens with one attached hydrogen (secondary N) is 3. The van der Waals surface area contributed by atoms with Gasteiger partial charge in [0.1, 0.15) is 23.3 Å². The molecule has 4 aromatic rings. The van der Waals surface area contributed by atoms with Crippen LogP contribution in [-0.2, 0) is 6.42 Å². The van der Waals surface area contributed by atoms with Gasteiger partial charge in [-0.05, 0) is 56.5 Å². The molecule has 148 valence electrons. The maximum atomic E-state index is 14.1. The summed E-state index contributed by atoms with van der Waals surface area (Å²) < 4.78 is 14.1. The topological polar surface area (TPSA) is 65.6 Å². The van der Waals surface area contributed by atoms with Crippen molar-refractivity contribution in [2.45, 2.75) is 27.2 Å². The molecule has 0 aliphatic carbocycles. The molecule has 0 aliphatic rings. The fourth-order valence-corrected chi connectivity index (χ4v) is 3.66. The van der Waals surface area contributed by atoms with E-state index in [4.69, 9.17) is 0 Å². The van der Waals surface area contributed by atoms with Crippen LogP contribution in [-0.4, -0.2) is 21.5 Å². The Morgan fingerprint density at radius 2 is 1.72 bits per heavy atom. The molecule has 0 bridgehead atoms. The highest BCUT2D eigenvalue weighted by atomic mass is 19.1. The summed E-state index contributed by atoms with van der Waals surface area (Å²) in [6.07, 6.45) is 0.765. The SMILES string of the molecule is Cc1nc(NCCc2c(C)[nH]c3c(F)ccc(C)c23)cc(Nc2ccccc2)n1. The molecule has 3 N–H and O–H groups in total. The van der Waals surface area contributed by atoms with Crippen molar-refractivity contribution in [3.05, 3.63) is 77.0 Å². The van der Waals surface area contributed by atoms with Crippen molar-refractivity contribution in [1.29, 1.82) is 0 Å². The molecule has 0 amide bonds. The number of para-hydroxylation sites is 1. The number of aryl methyl sites for hydroxylation is 3. The Labute approximate surface area is 169 Å². The summed E-state index contributed by atoms with van der Waals surface area (Å²) in [5, 5.41) is 7.66. The molecular formula is C23H24FN5. The monoisotopic (exact) mass is 389 g/mol. The third-order valence-corrected chi connectivity index (χ3v) is 5.00. The Morgan fingerprint density at radius 3 is 2.52 bits per heavy atom. The number of rotatable bonds is 6. The Hall–Kier alpha value is -3.41. The van der Waals surface area contributed by atoms with Crippen molar-refractivity contribution in [2.24, 2.45) is 0 Å². The molecule has 0 atom stereocenters. The largest absolute Gasteiger partial charge is 0.370 e. The number of benzene rings is 2. The molecule has 0 unspecified atom stereocenters. The second kappa shape index (κ2) is 7.91. The number of H-pyrrole nitrogens is 1. The molecule has 0 spiro atoms. The average Bonchev–Trinajstić information content (AvgIpc) is 3.03. The van der Waals surface area contributed by atoms with Gasteiger partial charge in [-0.1, -0.05) is 24.3 Å². The van der Waals surface area contributed by atoms with E-state index in [1.807, 2.05) is 63.2 Å². The van der Waals surface area contributed by atoms with Gasteiger partial charge in [0.15, 0.2) is 0 Å². The standard InChI is InChI=1S/C23H24FN5/c1-14-9-10-19(24)23-22(14)18(15(2)26-23)11-12-25-20-13-21(28-16(3)27-20)29-17-7-5-4-6-8-17/h4-10,13,26H,11-12H2,1-3H3,(H2,25,27,28,29). The summed E-state index contributed by atoms with van der Waals surface area (Å²) in [6.45, 7) is 6.56. The minimum absolute atomic E-state index is 0.212. The van der Waals surface area contributed by atoms with Crippen molar-refractivity contribution in [2.75, 3.05) is 17.2 Å². The van der Waals surface area contributed by atoms with Crippen molar-refractivity contribution in [3.8, 4) is 0 Å². The number of anilines is 3. The quantitative estimate of drug-likeness (QED) is 0.412. The zero-order valence-electron chi connectivity index (χ0n) is 16.8. The molecule has 2 aromatic heterocycles. The molecule has 5 nitrogen and oxygen atoms in total. The van der Waals surface area contributed by atoms with Crippen LogP contribution in [0, 0.1) is 26.6 Å². The Bertz CT molecular complexity index is 1150. The van der Waals surface area contributed by atoms with Gasteiger partial charge in [-0.25, -0.2) is 14.4 Å². The summed E-state index contributed by atoms with van der Waals surface area (Å²) >= 11 is 0. The van der Waals surface area contributed by atoms with Crippen LogP contribution in [0.2, 0.25) is 0 Å². The predicted molar refractivity (Wildman–Crippen MR) is 116 cm³/mol. The van der Waals surface area contributed by atoms with E-state index in [1.54, 1.807) is 0 Å². The number of nitrogens with zero attached hydrogens (tertiary/aromatic N) is 2. The maximum absolute atomic E-state index is 14.1. The van der Waals surface area contributed by atoms with Crippen molar-refractivity contribution in [3.63, 3.8) is 0 Å². The van der Waals surface area contributed by atoms with E-state index < -0.39 is 0 Å². The highest BCUT2D eigenvalue weighted by Gasteiger charge is 2.13. The minimum atomic E-state index is -0.212. The highest BCUT2D eigenvalue weighted by molar-refractivity contribution is 5.88. The zero-order valence-corrected chi connectivity index (χ0v) is 16.8. The van der Waals surface area contributed by atoms with E-state index in [-0.39, 0.29) is 5.82 Å². The minimum Gasteiger partial charge on any atom is -0.370 e. The molecule has 4 rings (SSSR count). The first kappa shape index (κ1) is 18.9. The molecule has 2 aromatic carbocycles. The second-order valence-corrected chi connectivity index (χ2v) is 7.20. The van der Waals surface area contributed by atoms with Crippen LogP contribution in [0.15, 0.2) is 48.5 Å². The van der Waals surface area contributed by atoms with E-state index in [9.17, 15) is 4.39 Å². The highest BCUT2D eigenvalue weighted by Crippen LogP contribution is 2.28. The van der Waals surface area contributed by atoms with E-state index in [1.165, 1.54) is 6.07 Å². The molecule has 6 heteroatoms. The van der Waals surface area contributed by atoms with E-state index in [0.29, 0.717) is 17.9 Å². The zero-order chi connectivity index (χ0) is 20.4. The maximum Gasteiger partial charge on any atom is 0.147 e. The lowest BCUT2D eigenvalue weighted by Gasteiger charge is -2.11. The van der Waals surface area contributed by atoms with Crippen molar-refractivity contribution in [1.82, 2.24) is 15.0 Å². The van der Waals surface area contributed by atoms with Gasteiger partial charge in [0.25, 0.3) is 0 Å². The summed E-state index contributed by atoms with van der Waals surface area (Å²) in [6, 6.07) is 15.2. The summed E-state index contributed by atoms with van der Waals surface area (Å²) in [4.78, 5) is 12.1. The molecule has 2 heterocycles. The van der Waals surface area contributed by atoms with Crippen LogP contribution >= 0.6 is 0 Å². The van der Waals surface area contributed by atoms with Gasteiger partial charge in [0.2, 0.25) is 0 Å². The fourth-order valence-electron chi connectivity index (χ4n) is 3.66. The van der Waals surface area contributed by atoms with Gasteiger partial charge in [0.05, 0.1) is 5.52 Å². The van der Waals surface area contributed by atoms with Crippen LogP contribution in [0.5, 0.6) is 0 Å². The molecule has 0 radical (unpaired) electrons. The normalized spacial score (nSPS) is 11.0. The molecule has 0 saturated carbocycles. The summed E-state index contributed by atoms with van der Waals surface area (Å²) in [7, 11) is 0. The van der Waals surface area contributed by atoms with Gasteiger partial charge in [-0.15, -0.1) is 0 Å². The smallest absolute Gasteiger partial charge is 0.147 e. The predicted octanol–water partition coefficient (Wildman–Crippen LogP) is 5.42. The first-order valence-corrected chi connectivity index (χ1v) is 9.69. The molecule has 0 fully saturated rings. The van der Waals surface area contributed by atoms with Gasteiger partial charge in [0, 0.05) is 29.4 Å². The van der Waals surface area contributed by atoms with Gasteiger partial charge in [-0.2, -0.15) is 0 Å². The van der Waals surface area contributed by atoms with Crippen LogP contribution < -0.4 is 10.6 Å². The first-order chi connectivity index (χ1) is 14.0. The van der Waals surface area contributed by atoms with E-state index in [0.717, 1.165) is 46.0 Å². The molecular weight excluding hydrogens is 365 g/mol. The van der Waals surface area contributed by atoms with Crippen LogP contribution in [0.4, 0.5) is 21.7 Å². The third-order valence-electron chi connectivity index (χ3n) is 5.00. The lowest BCUT2D eigenvalue weighted by atomic mass is 10.0. The average molecular weight is 389 g/mol. The van der Waals surface area contributed by atoms with Crippen LogP contribution in [0.3, 0.4) is 0 Å². The fraction of sp³-hybridized carbons (Fsp3) is 0.217.